The van der Waals surface area contributed by atoms with Crippen molar-refractivity contribution in [3.63, 3.8) is 0 Å². The first-order valence-electron chi connectivity index (χ1n) is 10.5. The molecule has 2 aromatic rings. The van der Waals surface area contributed by atoms with Gasteiger partial charge in [0.1, 0.15) is 0 Å². The van der Waals surface area contributed by atoms with E-state index in [1.807, 2.05) is 36.4 Å². The van der Waals surface area contributed by atoms with Crippen LogP contribution in [0.15, 0.2) is 36.4 Å². The lowest BCUT2D eigenvalue weighted by Crippen LogP contribution is -2.29. The summed E-state index contributed by atoms with van der Waals surface area (Å²) in [5, 5.41) is 0. The molecule has 4 rings (SSSR count). The van der Waals surface area contributed by atoms with Crippen molar-refractivity contribution in [2.45, 2.75) is 26.7 Å². The van der Waals surface area contributed by atoms with Gasteiger partial charge in [-0.25, -0.2) is 0 Å². The molecule has 2 aliphatic heterocycles. The Morgan fingerprint density at radius 2 is 1.12 bits per heavy atom. The fourth-order valence-corrected chi connectivity index (χ4v) is 3.91. The Bertz CT molecular complexity index is 906. The van der Waals surface area contributed by atoms with Gasteiger partial charge in [-0.1, -0.05) is 12.1 Å². The normalized spacial score (nSPS) is 15.2. The molecule has 2 aliphatic rings. The minimum absolute atomic E-state index is 0.0935. The lowest BCUT2D eigenvalue weighted by molar-refractivity contribution is -0.147. The van der Waals surface area contributed by atoms with Gasteiger partial charge in [0.15, 0.2) is 23.0 Å². The van der Waals surface area contributed by atoms with E-state index in [4.69, 9.17) is 28.4 Å². The first-order valence-corrected chi connectivity index (χ1v) is 10.5. The molecule has 2 heterocycles. The Hall–Kier alpha value is -3.42. The molecule has 0 N–H and O–H groups in total. The first-order chi connectivity index (χ1) is 15.5. The maximum atomic E-state index is 11.6. The number of rotatable bonds is 9. The van der Waals surface area contributed by atoms with Crippen LogP contribution in [0.2, 0.25) is 0 Å². The maximum absolute atomic E-state index is 11.6. The lowest BCUT2D eigenvalue weighted by Gasteiger charge is -2.27. The third-order valence-corrected chi connectivity index (χ3v) is 5.54. The average molecular weight is 442 g/mol. The minimum atomic E-state index is -0.352. The van der Waals surface area contributed by atoms with Gasteiger partial charge in [-0.2, -0.15) is 0 Å². The van der Waals surface area contributed by atoms with Crippen LogP contribution in [0.25, 0.3) is 0 Å². The summed E-state index contributed by atoms with van der Waals surface area (Å²) in [5.74, 6) is 1.92. The second kappa shape index (κ2) is 9.80. The van der Waals surface area contributed by atoms with E-state index in [0.29, 0.717) is 35.8 Å². The van der Waals surface area contributed by atoms with Crippen molar-refractivity contribution in [2.24, 2.45) is 11.8 Å². The van der Waals surface area contributed by atoms with Crippen molar-refractivity contribution < 1.29 is 38.0 Å². The number of benzene rings is 2. The smallest absolute Gasteiger partial charge is 0.302 e. The molecule has 0 aromatic heterocycles. The highest BCUT2D eigenvalue weighted by molar-refractivity contribution is 5.66. The van der Waals surface area contributed by atoms with Gasteiger partial charge in [-0.05, 0) is 48.2 Å². The van der Waals surface area contributed by atoms with Crippen LogP contribution in [0.3, 0.4) is 0 Å². The molecule has 2 aromatic carbocycles. The highest BCUT2D eigenvalue weighted by Gasteiger charge is 2.27. The monoisotopic (exact) mass is 442 g/mol. The molecule has 8 nitrogen and oxygen atoms in total. The van der Waals surface area contributed by atoms with Gasteiger partial charge in [-0.15, -0.1) is 0 Å². The van der Waals surface area contributed by atoms with Crippen LogP contribution in [0.5, 0.6) is 23.0 Å². The molecule has 170 valence electrons. The number of hydrogen-bond acceptors (Lipinski definition) is 8. The minimum Gasteiger partial charge on any atom is -0.466 e. The lowest BCUT2D eigenvalue weighted by atomic mass is 9.83. The van der Waals surface area contributed by atoms with Crippen LogP contribution >= 0.6 is 0 Å². The predicted octanol–water partition coefficient (Wildman–Crippen LogP) is 3.29. The molecule has 0 aliphatic carbocycles. The molecule has 0 saturated heterocycles. The van der Waals surface area contributed by atoms with Crippen LogP contribution in [0.1, 0.15) is 25.0 Å². The molecule has 0 amide bonds. The molecular weight excluding hydrogens is 416 g/mol. The van der Waals surface area contributed by atoms with E-state index in [2.05, 4.69) is 0 Å². The molecule has 8 heteroatoms. The summed E-state index contributed by atoms with van der Waals surface area (Å²) >= 11 is 0. The fraction of sp³-hybridized carbons (Fsp3) is 0.417. The van der Waals surface area contributed by atoms with Crippen LogP contribution in [-0.2, 0) is 31.9 Å². The molecule has 0 radical (unpaired) electrons. The Morgan fingerprint density at radius 1 is 0.719 bits per heavy atom. The summed E-state index contributed by atoms with van der Waals surface area (Å²) in [6, 6.07) is 11.6. The van der Waals surface area contributed by atoms with E-state index in [-0.39, 0.29) is 50.6 Å². The van der Waals surface area contributed by atoms with Crippen LogP contribution < -0.4 is 18.9 Å². The van der Waals surface area contributed by atoms with Crippen LogP contribution in [0, 0.1) is 11.8 Å². The van der Waals surface area contributed by atoms with Crippen molar-refractivity contribution in [3.05, 3.63) is 47.5 Å². The number of hydrogen-bond donors (Lipinski definition) is 0. The van der Waals surface area contributed by atoms with E-state index in [1.165, 1.54) is 13.8 Å². The highest BCUT2D eigenvalue weighted by atomic mass is 16.7. The number of carbonyl (C=O) groups is 2. The van der Waals surface area contributed by atoms with E-state index in [0.717, 1.165) is 11.1 Å². The second-order valence-electron chi connectivity index (χ2n) is 7.91. The zero-order valence-corrected chi connectivity index (χ0v) is 18.1. The van der Waals surface area contributed by atoms with Crippen molar-refractivity contribution in [2.75, 3.05) is 26.8 Å². The Morgan fingerprint density at radius 3 is 1.53 bits per heavy atom. The van der Waals surface area contributed by atoms with Crippen molar-refractivity contribution in [1.29, 1.82) is 0 Å². The van der Waals surface area contributed by atoms with E-state index >= 15 is 0 Å². The Labute approximate surface area is 186 Å². The zero-order chi connectivity index (χ0) is 22.5. The molecular formula is C24H26O8. The van der Waals surface area contributed by atoms with Crippen molar-refractivity contribution >= 4 is 11.9 Å². The van der Waals surface area contributed by atoms with Gasteiger partial charge in [0.05, 0.1) is 13.2 Å². The third kappa shape index (κ3) is 5.43. The van der Waals surface area contributed by atoms with Gasteiger partial charge in [0.25, 0.3) is 0 Å². The molecule has 0 fully saturated rings. The Balaban J connectivity index is 1.56. The second-order valence-corrected chi connectivity index (χ2v) is 7.91. The number of ether oxygens (including phenoxy) is 6. The van der Waals surface area contributed by atoms with E-state index < -0.39 is 0 Å². The third-order valence-electron chi connectivity index (χ3n) is 5.54. The fourth-order valence-electron chi connectivity index (χ4n) is 3.91. The van der Waals surface area contributed by atoms with Gasteiger partial charge < -0.3 is 28.4 Å². The van der Waals surface area contributed by atoms with Gasteiger partial charge in [0, 0.05) is 25.7 Å². The van der Waals surface area contributed by atoms with Crippen molar-refractivity contribution in [1.82, 2.24) is 0 Å². The molecule has 0 unspecified atom stereocenters. The van der Waals surface area contributed by atoms with Gasteiger partial charge in [0.2, 0.25) is 13.6 Å². The maximum Gasteiger partial charge on any atom is 0.302 e. The van der Waals surface area contributed by atoms with Crippen LogP contribution in [-0.4, -0.2) is 38.7 Å². The quantitative estimate of drug-likeness (QED) is 0.547. The predicted molar refractivity (Wildman–Crippen MR) is 113 cm³/mol. The summed E-state index contributed by atoms with van der Waals surface area (Å²) in [4.78, 5) is 23.1. The Kier molecular flexibility index (Phi) is 6.68. The summed E-state index contributed by atoms with van der Waals surface area (Å²) < 4.78 is 32.6. The topological polar surface area (TPSA) is 89.5 Å². The van der Waals surface area contributed by atoms with E-state index in [1.54, 1.807) is 0 Å². The summed E-state index contributed by atoms with van der Waals surface area (Å²) in [6.45, 7) is 3.59. The summed E-state index contributed by atoms with van der Waals surface area (Å²) in [7, 11) is 0. The zero-order valence-electron chi connectivity index (χ0n) is 18.1. The number of fused-ring (bicyclic) bond motifs is 2. The van der Waals surface area contributed by atoms with Gasteiger partial charge in [-0.3, -0.25) is 9.59 Å². The molecule has 0 bridgehead atoms. The SMILES string of the molecule is CC(=O)OC[C@@H](Cc1ccc2c(c1)OCO2)[C@@H](COC(C)=O)Cc1ccc2c(c1)OCO2. The largest absolute Gasteiger partial charge is 0.466 e. The van der Waals surface area contributed by atoms with Crippen LogP contribution in [0.4, 0.5) is 0 Å². The molecule has 2 atom stereocenters. The standard InChI is InChI=1S/C24H26O8/c1-15(25)27-11-19(7-17-3-5-21-23(9-17)31-13-29-21)20(12-28-16(2)26)8-18-4-6-22-24(10-18)32-14-30-22/h3-6,9-10,19-20H,7-8,11-14H2,1-2H3/t19-,20-/m1/s1. The average Bonchev–Trinajstić information content (AvgIpc) is 3.42. The summed E-state index contributed by atoms with van der Waals surface area (Å²) in [5.41, 5.74) is 2.04. The molecule has 0 saturated carbocycles. The highest BCUT2D eigenvalue weighted by Crippen LogP contribution is 2.36. The van der Waals surface area contributed by atoms with Gasteiger partial charge >= 0.3 is 11.9 Å². The number of esters is 2. The molecule has 0 spiro atoms. The molecule has 32 heavy (non-hydrogen) atoms. The van der Waals surface area contributed by atoms with E-state index in [9.17, 15) is 9.59 Å². The number of carbonyl (C=O) groups excluding carboxylic acids is 2. The summed E-state index contributed by atoms with van der Waals surface area (Å²) in [6.07, 6.45) is 1.22. The first kappa shape index (κ1) is 21.8. The van der Waals surface area contributed by atoms with Crippen molar-refractivity contribution in [3.8, 4) is 23.0 Å².